The number of likely N-dealkylation sites (tertiary alicyclic amines) is 1. The van der Waals surface area contributed by atoms with Gasteiger partial charge in [0.15, 0.2) is 0 Å². The molecule has 27 heavy (non-hydrogen) atoms. The lowest BCUT2D eigenvalue weighted by molar-refractivity contribution is 0.155. The van der Waals surface area contributed by atoms with E-state index >= 15 is 0 Å². The van der Waals surface area contributed by atoms with Gasteiger partial charge in [-0.05, 0) is 82.3 Å². The van der Waals surface area contributed by atoms with Crippen LogP contribution >= 0.6 is 0 Å². The highest BCUT2D eigenvalue weighted by atomic mass is 16.5. The molecule has 150 valence electrons. The van der Waals surface area contributed by atoms with E-state index in [9.17, 15) is 4.79 Å². The van der Waals surface area contributed by atoms with Crippen molar-refractivity contribution in [3.63, 3.8) is 0 Å². The SMILES string of the molecule is CN1CCC(CN(C)C(=O)NCc2ccc(OC3CCCCC3)cc2)CC1. The summed E-state index contributed by atoms with van der Waals surface area (Å²) in [6.07, 6.45) is 8.96. The van der Waals surface area contributed by atoms with E-state index in [0.717, 1.165) is 30.9 Å². The molecule has 0 unspecified atom stereocenters. The Balaban J connectivity index is 1.38. The number of hydrogen-bond acceptors (Lipinski definition) is 3. The van der Waals surface area contributed by atoms with E-state index in [4.69, 9.17) is 4.74 Å². The second kappa shape index (κ2) is 9.98. The van der Waals surface area contributed by atoms with Crippen molar-refractivity contribution in [2.24, 2.45) is 5.92 Å². The van der Waals surface area contributed by atoms with Gasteiger partial charge in [-0.1, -0.05) is 18.6 Å². The molecule has 2 amide bonds. The van der Waals surface area contributed by atoms with E-state index in [2.05, 4.69) is 29.4 Å². The molecule has 1 N–H and O–H groups in total. The van der Waals surface area contributed by atoms with E-state index in [0.29, 0.717) is 18.6 Å². The summed E-state index contributed by atoms with van der Waals surface area (Å²) < 4.78 is 6.07. The Morgan fingerprint density at radius 2 is 1.78 bits per heavy atom. The fraction of sp³-hybridized carbons (Fsp3) is 0.682. The third-order valence-corrected chi connectivity index (χ3v) is 5.94. The Bertz CT molecular complexity index is 576. The largest absolute Gasteiger partial charge is 0.490 e. The Kier molecular flexibility index (Phi) is 7.39. The molecule has 1 heterocycles. The van der Waals surface area contributed by atoms with E-state index < -0.39 is 0 Å². The zero-order valence-electron chi connectivity index (χ0n) is 17.0. The molecule has 1 aliphatic heterocycles. The second-order valence-corrected chi connectivity index (χ2v) is 8.31. The maximum atomic E-state index is 12.4. The quantitative estimate of drug-likeness (QED) is 0.823. The van der Waals surface area contributed by atoms with Gasteiger partial charge in [0.1, 0.15) is 5.75 Å². The first kappa shape index (κ1) is 20.0. The standard InChI is InChI=1S/C22H35N3O2/c1-24-14-12-19(13-15-24)17-25(2)22(26)23-16-18-8-10-21(11-9-18)27-20-6-4-3-5-7-20/h8-11,19-20H,3-7,12-17H2,1-2H3,(H,23,26). The normalized spacial score (nSPS) is 19.6. The van der Waals surface area contributed by atoms with Gasteiger partial charge in [-0.25, -0.2) is 4.79 Å². The lowest BCUT2D eigenvalue weighted by Crippen LogP contribution is -2.42. The first-order valence-electron chi connectivity index (χ1n) is 10.5. The van der Waals surface area contributed by atoms with E-state index in [1.807, 2.05) is 24.1 Å². The third kappa shape index (κ3) is 6.42. The number of nitrogens with one attached hydrogen (secondary N) is 1. The van der Waals surface area contributed by atoms with Crippen molar-refractivity contribution in [3.8, 4) is 5.75 Å². The van der Waals surface area contributed by atoms with Crippen molar-refractivity contribution >= 4 is 6.03 Å². The van der Waals surface area contributed by atoms with Crippen molar-refractivity contribution in [1.82, 2.24) is 15.1 Å². The molecule has 1 saturated carbocycles. The van der Waals surface area contributed by atoms with Gasteiger partial charge in [-0.15, -0.1) is 0 Å². The number of piperidine rings is 1. The van der Waals surface area contributed by atoms with Gasteiger partial charge in [0.05, 0.1) is 6.10 Å². The third-order valence-electron chi connectivity index (χ3n) is 5.94. The molecule has 0 bridgehead atoms. The molecule has 0 aromatic heterocycles. The van der Waals surface area contributed by atoms with Crippen molar-refractivity contribution in [1.29, 1.82) is 0 Å². The number of carbonyl (C=O) groups excluding carboxylic acids is 1. The van der Waals surface area contributed by atoms with Crippen LogP contribution in [0.2, 0.25) is 0 Å². The molecule has 0 radical (unpaired) electrons. The molecule has 1 aromatic rings. The van der Waals surface area contributed by atoms with Crippen LogP contribution < -0.4 is 10.1 Å². The molecule has 1 saturated heterocycles. The minimum absolute atomic E-state index is 0.0106. The number of carbonyl (C=O) groups is 1. The first-order valence-corrected chi connectivity index (χ1v) is 10.5. The van der Waals surface area contributed by atoms with Gasteiger partial charge >= 0.3 is 6.03 Å². The van der Waals surface area contributed by atoms with Crippen molar-refractivity contribution in [3.05, 3.63) is 29.8 Å². The Labute approximate surface area is 164 Å². The summed E-state index contributed by atoms with van der Waals surface area (Å²) in [7, 11) is 4.06. The maximum absolute atomic E-state index is 12.4. The highest BCUT2D eigenvalue weighted by molar-refractivity contribution is 5.73. The summed E-state index contributed by atoms with van der Waals surface area (Å²) >= 11 is 0. The Morgan fingerprint density at radius 3 is 2.44 bits per heavy atom. The second-order valence-electron chi connectivity index (χ2n) is 8.31. The number of amides is 2. The molecular formula is C22H35N3O2. The van der Waals surface area contributed by atoms with Crippen LogP contribution in [0.3, 0.4) is 0 Å². The topological polar surface area (TPSA) is 44.8 Å². The smallest absolute Gasteiger partial charge is 0.317 e. The number of hydrogen-bond donors (Lipinski definition) is 1. The summed E-state index contributed by atoms with van der Waals surface area (Å²) in [5.41, 5.74) is 1.10. The molecule has 0 spiro atoms. The summed E-state index contributed by atoms with van der Waals surface area (Å²) in [4.78, 5) is 16.6. The van der Waals surface area contributed by atoms with Crippen LogP contribution in [0.25, 0.3) is 0 Å². The minimum Gasteiger partial charge on any atom is -0.490 e. The van der Waals surface area contributed by atoms with E-state index in [1.165, 1.54) is 44.9 Å². The molecule has 5 heteroatoms. The van der Waals surface area contributed by atoms with Gasteiger partial charge in [-0.3, -0.25) is 0 Å². The molecule has 1 aromatic carbocycles. The zero-order chi connectivity index (χ0) is 19.1. The highest BCUT2D eigenvalue weighted by Gasteiger charge is 2.20. The van der Waals surface area contributed by atoms with Crippen LogP contribution in [-0.2, 0) is 6.54 Å². The van der Waals surface area contributed by atoms with E-state index in [1.54, 1.807) is 0 Å². The van der Waals surface area contributed by atoms with Crippen LogP contribution in [0, 0.1) is 5.92 Å². The van der Waals surface area contributed by atoms with Gasteiger partial charge in [0.25, 0.3) is 0 Å². The molecule has 3 rings (SSSR count). The maximum Gasteiger partial charge on any atom is 0.317 e. The lowest BCUT2D eigenvalue weighted by atomic mass is 9.97. The Hall–Kier alpha value is -1.75. The predicted octanol–water partition coefficient (Wildman–Crippen LogP) is 3.88. The number of ether oxygens (including phenoxy) is 1. The molecule has 1 aliphatic carbocycles. The fourth-order valence-corrected chi connectivity index (χ4v) is 4.09. The van der Waals surface area contributed by atoms with Gasteiger partial charge in [0, 0.05) is 20.1 Å². The first-order chi connectivity index (χ1) is 13.1. The van der Waals surface area contributed by atoms with Crippen LogP contribution in [0.4, 0.5) is 4.79 Å². The van der Waals surface area contributed by atoms with Gasteiger partial charge in [0.2, 0.25) is 0 Å². The summed E-state index contributed by atoms with van der Waals surface area (Å²) in [5.74, 6) is 1.56. The monoisotopic (exact) mass is 373 g/mol. The molecular weight excluding hydrogens is 338 g/mol. The molecule has 0 atom stereocenters. The number of urea groups is 1. The van der Waals surface area contributed by atoms with Crippen molar-refractivity contribution in [2.45, 2.75) is 57.6 Å². The molecule has 5 nitrogen and oxygen atoms in total. The van der Waals surface area contributed by atoms with Crippen LogP contribution in [0.1, 0.15) is 50.5 Å². The van der Waals surface area contributed by atoms with Crippen LogP contribution in [0.15, 0.2) is 24.3 Å². The van der Waals surface area contributed by atoms with Gasteiger partial charge < -0.3 is 19.9 Å². The van der Waals surface area contributed by atoms with Crippen molar-refractivity contribution in [2.75, 3.05) is 33.7 Å². The van der Waals surface area contributed by atoms with Crippen LogP contribution in [0.5, 0.6) is 5.75 Å². The van der Waals surface area contributed by atoms with Crippen LogP contribution in [-0.4, -0.2) is 55.7 Å². The Morgan fingerprint density at radius 1 is 1.11 bits per heavy atom. The average Bonchev–Trinajstić information content (AvgIpc) is 2.69. The number of nitrogens with zero attached hydrogens (tertiary/aromatic N) is 2. The lowest BCUT2D eigenvalue weighted by Gasteiger charge is -2.31. The van der Waals surface area contributed by atoms with Gasteiger partial charge in [-0.2, -0.15) is 0 Å². The fourth-order valence-electron chi connectivity index (χ4n) is 4.09. The summed E-state index contributed by atoms with van der Waals surface area (Å²) in [5, 5.41) is 3.03. The average molecular weight is 374 g/mol. The molecule has 2 aliphatic rings. The number of benzene rings is 1. The van der Waals surface area contributed by atoms with Crippen molar-refractivity contribution < 1.29 is 9.53 Å². The zero-order valence-corrected chi connectivity index (χ0v) is 17.0. The van der Waals surface area contributed by atoms with E-state index in [-0.39, 0.29) is 6.03 Å². The predicted molar refractivity (Wildman–Crippen MR) is 109 cm³/mol. The summed E-state index contributed by atoms with van der Waals surface area (Å²) in [6.45, 7) is 3.67. The molecule has 2 fully saturated rings. The number of rotatable bonds is 6. The highest BCUT2D eigenvalue weighted by Crippen LogP contribution is 2.23. The minimum atomic E-state index is 0.0106. The summed E-state index contributed by atoms with van der Waals surface area (Å²) in [6, 6.07) is 8.16.